The summed E-state index contributed by atoms with van der Waals surface area (Å²) in [6.45, 7) is -2.77. The van der Waals surface area contributed by atoms with Gasteiger partial charge in [0.15, 0.2) is 11.5 Å². The first kappa shape index (κ1) is 20.8. The van der Waals surface area contributed by atoms with Gasteiger partial charge in [-0.25, -0.2) is 0 Å². The molecule has 6 nitrogen and oxygen atoms in total. The zero-order valence-corrected chi connectivity index (χ0v) is 15.8. The summed E-state index contributed by atoms with van der Waals surface area (Å²) in [6, 6.07) is 10.8. The fourth-order valence-corrected chi connectivity index (χ4v) is 2.87. The van der Waals surface area contributed by atoms with Crippen LogP contribution < -0.4 is 14.8 Å². The highest BCUT2D eigenvalue weighted by Gasteiger charge is 2.15. The van der Waals surface area contributed by atoms with Gasteiger partial charge in [-0.15, -0.1) is 0 Å². The van der Waals surface area contributed by atoms with E-state index >= 15 is 0 Å². The van der Waals surface area contributed by atoms with E-state index in [4.69, 9.17) is 9.26 Å². The predicted molar refractivity (Wildman–Crippen MR) is 98.5 cm³/mol. The van der Waals surface area contributed by atoms with Crippen molar-refractivity contribution in [1.82, 2.24) is 10.1 Å². The molecule has 11 heteroatoms. The van der Waals surface area contributed by atoms with E-state index in [9.17, 15) is 17.6 Å². The Hall–Kier alpha value is -2.95. The number of nitrogens with one attached hydrogen (secondary N) is 1. The summed E-state index contributed by atoms with van der Waals surface area (Å²) in [5.74, 6) is -1.95. The van der Waals surface area contributed by atoms with Crippen molar-refractivity contribution in [2.45, 2.75) is 23.8 Å². The third kappa shape index (κ3) is 5.76. The number of hydrogen-bond donors (Lipinski definition) is 1. The van der Waals surface area contributed by atoms with Crippen molar-refractivity contribution in [3.8, 4) is 22.9 Å². The van der Waals surface area contributed by atoms with Crippen molar-refractivity contribution >= 4 is 17.4 Å². The van der Waals surface area contributed by atoms with Crippen molar-refractivity contribution in [1.29, 1.82) is 0 Å². The molecule has 0 aliphatic heterocycles. The van der Waals surface area contributed by atoms with Crippen LogP contribution >= 0.6 is 11.8 Å². The van der Waals surface area contributed by atoms with Crippen molar-refractivity contribution in [3.63, 3.8) is 0 Å². The zero-order chi connectivity index (χ0) is 20.8. The Morgan fingerprint density at radius 2 is 1.83 bits per heavy atom. The Bertz CT molecular complexity index is 938. The smallest absolute Gasteiger partial charge is 0.387 e. The lowest BCUT2D eigenvalue weighted by molar-refractivity contribution is -0.0512. The van der Waals surface area contributed by atoms with Gasteiger partial charge < -0.3 is 19.3 Å². The third-order valence-electron chi connectivity index (χ3n) is 3.63. The molecule has 1 aromatic heterocycles. The van der Waals surface area contributed by atoms with Gasteiger partial charge in [0.2, 0.25) is 11.7 Å². The molecule has 0 fully saturated rings. The Kier molecular flexibility index (Phi) is 6.81. The van der Waals surface area contributed by atoms with Crippen molar-refractivity contribution in [2.24, 2.45) is 0 Å². The number of aromatic nitrogens is 2. The van der Waals surface area contributed by atoms with Crippen LogP contribution in [-0.2, 0) is 6.54 Å². The summed E-state index contributed by atoms with van der Waals surface area (Å²) in [5.41, 5.74) is 1.19. The van der Waals surface area contributed by atoms with Gasteiger partial charge in [0, 0.05) is 16.1 Å². The van der Waals surface area contributed by atoms with Gasteiger partial charge in [-0.2, -0.15) is 22.5 Å². The molecule has 0 saturated carbocycles. The maximum atomic E-state index is 12.4. The molecule has 3 rings (SSSR count). The van der Waals surface area contributed by atoms with Gasteiger partial charge >= 0.3 is 6.61 Å². The average molecular weight is 429 g/mol. The fourth-order valence-electron chi connectivity index (χ4n) is 2.38. The maximum Gasteiger partial charge on any atom is 0.387 e. The van der Waals surface area contributed by atoms with Crippen LogP contribution in [0.1, 0.15) is 5.89 Å². The number of anilines is 1. The molecule has 0 atom stereocenters. The van der Waals surface area contributed by atoms with E-state index in [1.807, 2.05) is 0 Å². The first-order valence-corrected chi connectivity index (χ1v) is 9.07. The van der Waals surface area contributed by atoms with Gasteiger partial charge in [0.25, 0.3) is 5.76 Å². The van der Waals surface area contributed by atoms with Crippen molar-refractivity contribution in [3.05, 3.63) is 48.4 Å². The molecule has 0 spiro atoms. The van der Waals surface area contributed by atoms with Gasteiger partial charge in [-0.05, 0) is 42.5 Å². The minimum Gasteiger partial charge on any atom is -0.493 e. The summed E-state index contributed by atoms with van der Waals surface area (Å²) in [5, 5.41) is 6.89. The molecule has 0 radical (unpaired) electrons. The number of benzene rings is 2. The molecule has 154 valence electrons. The number of alkyl halides is 4. The van der Waals surface area contributed by atoms with Crippen molar-refractivity contribution in [2.75, 3.05) is 12.4 Å². The zero-order valence-electron chi connectivity index (χ0n) is 14.9. The largest absolute Gasteiger partial charge is 0.493 e. The lowest BCUT2D eigenvalue weighted by atomic mass is 10.2. The monoisotopic (exact) mass is 429 g/mol. The van der Waals surface area contributed by atoms with Crippen LogP contribution in [0, 0.1) is 0 Å². The molecule has 0 aliphatic carbocycles. The van der Waals surface area contributed by atoms with E-state index in [-0.39, 0.29) is 29.8 Å². The second-order valence-electron chi connectivity index (χ2n) is 5.51. The minimum atomic E-state index is -2.97. The molecule has 1 N–H and O–H groups in total. The SMILES string of the molecule is COc1cc(-c2noc(CNc3ccc(SC(F)F)cc3)n2)ccc1OC(F)F. The average Bonchev–Trinajstić information content (AvgIpc) is 3.16. The van der Waals surface area contributed by atoms with E-state index in [0.29, 0.717) is 27.9 Å². The molecule has 1 heterocycles. The topological polar surface area (TPSA) is 69.4 Å². The van der Waals surface area contributed by atoms with E-state index in [2.05, 4.69) is 20.2 Å². The van der Waals surface area contributed by atoms with Crippen LogP contribution in [0.25, 0.3) is 11.4 Å². The van der Waals surface area contributed by atoms with Gasteiger partial charge in [0.1, 0.15) is 0 Å². The second kappa shape index (κ2) is 9.50. The van der Waals surface area contributed by atoms with Gasteiger partial charge in [-0.1, -0.05) is 16.9 Å². The molecule has 0 saturated heterocycles. The number of methoxy groups -OCH3 is 1. The molecule has 29 heavy (non-hydrogen) atoms. The number of rotatable bonds is 9. The fraction of sp³-hybridized carbons (Fsp3) is 0.222. The Labute approximate surface area is 167 Å². The van der Waals surface area contributed by atoms with Crippen LogP contribution in [-0.4, -0.2) is 29.6 Å². The van der Waals surface area contributed by atoms with Crippen LogP contribution in [0.5, 0.6) is 11.5 Å². The summed E-state index contributed by atoms with van der Waals surface area (Å²) < 4.78 is 64.1. The second-order valence-corrected chi connectivity index (χ2v) is 6.58. The highest BCUT2D eigenvalue weighted by atomic mass is 32.2. The summed E-state index contributed by atoms with van der Waals surface area (Å²) in [6.07, 6.45) is 0. The van der Waals surface area contributed by atoms with Crippen LogP contribution in [0.4, 0.5) is 23.2 Å². The number of thioether (sulfide) groups is 1. The van der Waals surface area contributed by atoms with E-state index in [1.165, 1.54) is 25.3 Å². The number of nitrogens with zero attached hydrogens (tertiary/aromatic N) is 2. The highest BCUT2D eigenvalue weighted by molar-refractivity contribution is 7.99. The molecular formula is C18H15F4N3O3S. The lowest BCUT2D eigenvalue weighted by Crippen LogP contribution is -2.03. The van der Waals surface area contributed by atoms with E-state index in [1.54, 1.807) is 24.3 Å². The Balaban J connectivity index is 1.64. The summed E-state index contributed by atoms with van der Waals surface area (Å²) >= 11 is 0.467. The highest BCUT2D eigenvalue weighted by Crippen LogP contribution is 2.32. The molecular weight excluding hydrogens is 414 g/mol. The molecule has 0 unspecified atom stereocenters. The lowest BCUT2D eigenvalue weighted by Gasteiger charge is -2.10. The quantitative estimate of drug-likeness (QED) is 0.367. The first-order valence-electron chi connectivity index (χ1n) is 8.19. The minimum absolute atomic E-state index is 0.106. The summed E-state index contributed by atoms with van der Waals surface area (Å²) in [4.78, 5) is 4.69. The number of ether oxygens (including phenoxy) is 2. The Morgan fingerprint density at radius 1 is 1.07 bits per heavy atom. The first-order chi connectivity index (χ1) is 13.9. The van der Waals surface area contributed by atoms with Gasteiger partial charge in [-0.3, -0.25) is 0 Å². The van der Waals surface area contributed by atoms with E-state index < -0.39 is 12.4 Å². The molecule has 0 aliphatic rings. The normalized spacial score (nSPS) is 11.1. The molecule has 0 bridgehead atoms. The molecule has 3 aromatic rings. The van der Waals surface area contributed by atoms with Crippen LogP contribution in [0.15, 0.2) is 51.9 Å². The van der Waals surface area contributed by atoms with Crippen LogP contribution in [0.2, 0.25) is 0 Å². The van der Waals surface area contributed by atoms with Crippen molar-refractivity contribution < 1.29 is 31.6 Å². The van der Waals surface area contributed by atoms with E-state index in [0.717, 1.165) is 0 Å². The number of hydrogen-bond acceptors (Lipinski definition) is 7. The number of halogens is 4. The molecule has 0 amide bonds. The van der Waals surface area contributed by atoms with Gasteiger partial charge in [0.05, 0.1) is 13.7 Å². The van der Waals surface area contributed by atoms with Crippen LogP contribution in [0.3, 0.4) is 0 Å². The predicted octanol–water partition coefficient (Wildman–Crippen LogP) is 5.27. The summed E-state index contributed by atoms with van der Waals surface area (Å²) in [7, 11) is 1.33. The standard InChI is InChI=1S/C18H15F4N3O3S/c1-26-14-8-10(2-7-13(14)27-17(19)20)16-24-15(28-25-16)9-23-11-3-5-12(6-4-11)29-18(21)22/h2-8,17-18,23H,9H2,1H3. The molecule has 2 aromatic carbocycles. The third-order valence-corrected chi connectivity index (χ3v) is 4.35. The Morgan fingerprint density at radius 3 is 2.48 bits per heavy atom. The maximum absolute atomic E-state index is 12.4.